The fraction of sp³-hybridized carbons (Fsp3) is 0.250. The molecular weight excluding hydrogens is 344 g/mol. The molecule has 2 N–H and O–H groups in total. The van der Waals surface area contributed by atoms with Crippen molar-refractivity contribution in [1.82, 2.24) is 9.55 Å². The lowest BCUT2D eigenvalue weighted by molar-refractivity contribution is -0.392. The van der Waals surface area contributed by atoms with Gasteiger partial charge < -0.3 is 15.8 Å². The third-order valence-corrected chi connectivity index (χ3v) is 4.33. The minimum atomic E-state index is -0.418. The highest BCUT2D eigenvalue weighted by atomic mass is 79.9. The summed E-state index contributed by atoms with van der Waals surface area (Å²) in [6.07, 6.45) is 1.29. The van der Waals surface area contributed by atoms with E-state index in [0.717, 1.165) is 9.37 Å². The van der Waals surface area contributed by atoms with E-state index in [-0.39, 0.29) is 5.82 Å². The normalized spacial score (nSPS) is 10.7. The molecule has 0 amide bonds. The average Bonchev–Trinajstić information content (AvgIpc) is 2.74. The molecule has 0 aliphatic heterocycles. The Labute approximate surface area is 128 Å². The maximum Gasteiger partial charge on any atom is 0.342 e. The highest BCUT2D eigenvalue weighted by Gasteiger charge is 2.16. The fourth-order valence-electron chi connectivity index (χ4n) is 1.78. The largest absolute Gasteiger partial charge is 0.398 e. The van der Waals surface area contributed by atoms with Gasteiger partial charge in [0, 0.05) is 27.7 Å². The molecule has 0 saturated heterocycles. The first-order chi connectivity index (χ1) is 9.49. The average molecular weight is 357 g/mol. The quantitative estimate of drug-likeness (QED) is 0.384. The van der Waals surface area contributed by atoms with Crippen molar-refractivity contribution in [3.8, 4) is 0 Å². The van der Waals surface area contributed by atoms with Gasteiger partial charge in [-0.25, -0.2) is 9.55 Å². The predicted octanol–water partition coefficient (Wildman–Crippen LogP) is 3.24. The van der Waals surface area contributed by atoms with E-state index >= 15 is 0 Å². The van der Waals surface area contributed by atoms with E-state index in [1.54, 1.807) is 23.3 Å². The lowest BCUT2D eigenvalue weighted by Gasteiger charge is -2.06. The number of anilines is 1. The Morgan fingerprint density at radius 1 is 1.55 bits per heavy atom. The van der Waals surface area contributed by atoms with Crippen LogP contribution in [0.25, 0.3) is 0 Å². The van der Waals surface area contributed by atoms with E-state index in [4.69, 9.17) is 5.73 Å². The monoisotopic (exact) mass is 356 g/mol. The summed E-state index contributed by atoms with van der Waals surface area (Å²) in [4.78, 5) is 15.4. The van der Waals surface area contributed by atoms with Crippen LogP contribution in [-0.2, 0) is 6.54 Å². The summed E-state index contributed by atoms with van der Waals surface area (Å²) in [7, 11) is 0. The number of nitrogens with zero attached hydrogens (tertiary/aromatic N) is 3. The van der Waals surface area contributed by atoms with Gasteiger partial charge in [0.15, 0.2) is 5.82 Å². The molecule has 0 bridgehead atoms. The Bertz CT molecular complexity index is 644. The second-order valence-electron chi connectivity index (χ2n) is 4.10. The molecule has 0 aliphatic rings. The molecule has 2 aromatic rings. The molecule has 20 heavy (non-hydrogen) atoms. The first-order valence-electron chi connectivity index (χ1n) is 5.83. The molecular formula is C12H13BrN4O2S. The van der Waals surface area contributed by atoms with Gasteiger partial charge in [-0.3, -0.25) is 0 Å². The standard InChI is InChI=1S/C12H13BrN4O2S/c1-8-15-7-12(17(18)19)16(8)4-5-20-11-3-2-9(13)6-10(11)14/h2-3,6-7H,4-5,14H2,1H3. The Kier molecular flexibility index (Phi) is 4.66. The number of nitrogens with two attached hydrogens (primary N) is 1. The van der Waals surface area contributed by atoms with Crippen LogP contribution < -0.4 is 5.73 Å². The smallest absolute Gasteiger partial charge is 0.342 e. The van der Waals surface area contributed by atoms with Gasteiger partial charge in [-0.2, -0.15) is 0 Å². The third kappa shape index (κ3) is 3.31. The Morgan fingerprint density at radius 3 is 2.95 bits per heavy atom. The van der Waals surface area contributed by atoms with Gasteiger partial charge in [0.1, 0.15) is 12.7 Å². The zero-order valence-corrected chi connectivity index (χ0v) is 13.1. The van der Waals surface area contributed by atoms with Crippen LogP contribution in [-0.4, -0.2) is 20.2 Å². The highest BCUT2D eigenvalue weighted by molar-refractivity contribution is 9.10. The molecule has 8 heteroatoms. The number of hydrogen-bond donors (Lipinski definition) is 1. The summed E-state index contributed by atoms with van der Waals surface area (Å²) in [6.45, 7) is 2.27. The van der Waals surface area contributed by atoms with Gasteiger partial charge in [0.2, 0.25) is 0 Å². The van der Waals surface area contributed by atoms with Crippen LogP contribution >= 0.6 is 27.7 Å². The second-order valence-corrected chi connectivity index (χ2v) is 6.16. The van der Waals surface area contributed by atoms with Crippen molar-refractivity contribution in [3.05, 3.63) is 44.8 Å². The zero-order valence-electron chi connectivity index (χ0n) is 10.7. The minimum absolute atomic E-state index is 0.0203. The summed E-state index contributed by atoms with van der Waals surface area (Å²) < 4.78 is 2.53. The number of thioether (sulfide) groups is 1. The molecule has 0 aliphatic carbocycles. The summed E-state index contributed by atoms with van der Waals surface area (Å²) in [5, 5.41) is 10.9. The molecule has 1 aromatic heterocycles. The van der Waals surface area contributed by atoms with Gasteiger partial charge in [-0.1, -0.05) is 15.9 Å². The van der Waals surface area contributed by atoms with E-state index in [9.17, 15) is 10.1 Å². The number of nitro groups is 1. The lowest BCUT2D eigenvalue weighted by atomic mass is 10.3. The summed E-state index contributed by atoms with van der Waals surface area (Å²) in [5.41, 5.74) is 6.61. The lowest BCUT2D eigenvalue weighted by Crippen LogP contribution is -2.06. The minimum Gasteiger partial charge on any atom is -0.398 e. The molecule has 1 aromatic carbocycles. The van der Waals surface area contributed by atoms with Crippen LogP contribution in [0.2, 0.25) is 0 Å². The van der Waals surface area contributed by atoms with Crippen molar-refractivity contribution in [1.29, 1.82) is 0 Å². The van der Waals surface area contributed by atoms with E-state index in [2.05, 4.69) is 20.9 Å². The number of hydrogen-bond acceptors (Lipinski definition) is 5. The van der Waals surface area contributed by atoms with Gasteiger partial charge in [0.05, 0.1) is 0 Å². The fourth-order valence-corrected chi connectivity index (χ4v) is 3.04. The molecule has 0 unspecified atom stereocenters. The van der Waals surface area contributed by atoms with Crippen molar-refractivity contribution in [2.24, 2.45) is 0 Å². The molecule has 2 rings (SSSR count). The van der Waals surface area contributed by atoms with Crippen molar-refractivity contribution >= 4 is 39.2 Å². The van der Waals surface area contributed by atoms with Crippen LogP contribution in [0.5, 0.6) is 0 Å². The number of benzene rings is 1. The first kappa shape index (κ1) is 14.9. The van der Waals surface area contributed by atoms with E-state index in [0.29, 0.717) is 23.8 Å². The number of rotatable bonds is 5. The molecule has 1 heterocycles. The predicted molar refractivity (Wildman–Crippen MR) is 82.9 cm³/mol. The summed E-state index contributed by atoms with van der Waals surface area (Å²) in [6, 6.07) is 5.69. The number of aromatic nitrogens is 2. The maximum absolute atomic E-state index is 10.9. The van der Waals surface area contributed by atoms with Gasteiger partial charge in [-0.05, 0) is 23.1 Å². The van der Waals surface area contributed by atoms with Crippen LogP contribution in [0.4, 0.5) is 11.5 Å². The molecule has 0 fully saturated rings. The Morgan fingerprint density at radius 2 is 2.30 bits per heavy atom. The Balaban J connectivity index is 2.03. The molecule has 0 atom stereocenters. The Hall–Kier alpha value is -1.54. The van der Waals surface area contributed by atoms with Crippen LogP contribution in [0.15, 0.2) is 33.8 Å². The number of halogens is 1. The van der Waals surface area contributed by atoms with Gasteiger partial charge in [0.25, 0.3) is 0 Å². The van der Waals surface area contributed by atoms with Crippen molar-refractivity contribution < 1.29 is 4.92 Å². The van der Waals surface area contributed by atoms with Crippen LogP contribution in [0, 0.1) is 17.0 Å². The highest BCUT2D eigenvalue weighted by Crippen LogP contribution is 2.28. The molecule has 0 spiro atoms. The van der Waals surface area contributed by atoms with E-state index in [1.165, 1.54) is 6.20 Å². The number of imidazole rings is 1. The number of nitrogen functional groups attached to an aromatic ring is 1. The maximum atomic E-state index is 10.9. The third-order valence-electron chi connectivity index (χ3n) is 2.77. The van der Waals surface area contributed by atoms with E-state index in [1.807, 2.05) is 18.2 Å². The van der Waals surface area contributed by atoms with Gasteiger partial charge in [-0.15, -0.1) is 11.8 Å². The van der Waals surface area contributed by atoms with Crippen LogP contribution in [0.3, 0.4) is 0 Å². The molecule has 106 valence electrons. The first-order valence-corrected chi connectivity index (χ1v) is 7.61. The molecule has 6 nitrogen and oxygen atoms in total. The van der Waals surface area contributed by atoms with E-state index < -0.39 is 4.92 Å². The molecule has 0 saturated carbocycles. The van der Waals surface area contributed by atoms with Crippen molar-refractivity contribution in [3.63, 3.8) is 0 Å². The van der Waals surface area contributed by atoms with Crippen molar-refractivity contribution in [2.75, 3.05) is 11.5 Å². The molecule has 0 radical (unpaired) electrons. The number of aryl methyl sites for hydroxylation is 1. The summed E-state index contributed by atoms with van der Waals surface area (Å²) in [5.74, 6) is 1.34. The van der Waals surface area contributed by atoms with Gasteiger partial charge >= 0.3 is 5.82 Å². The van der Waals surface area contributed by atoms with Crippen LogP contribution in [0.1, 0.15) is 5.82 Å². The van der Waals surface area contributed by atoms with Crippen molar-refractivity contribution in [2.45, 2.75) is 18.4 Å². The zero-order chi connectivity index (χ0) is 14.7. The summed E-state index contributed by atoms with van der Waals surface area (Å²) >= 11 is 4.92. The topological polar surface area (TPSA) is 87.0 Å². The SMILES string of the molecule is Cc1ncc([N+](=O)[O-])n1CCSc1ccc(Br)cc1N. The second kappa shape index (κ2) is 6.27.